The van der Waals surface area contributed by atoms with Crippen LogP contribution in [0.4, 0.5) is 5.69 Å². The van der Waals surface area contributed by atoms with E-state index in [1.54, 1.807) is 29.2 Å². The largest absolute Gasteiger partial charge is 0.480 e. The number of carbonyl (C=O) groups excluding carboxylic acids is 1. The predicted octanol–water partition coefficient (Wildman–Crippen LogP) is 1.29. The topological polar surface area (TPSA) is 93.4 Å². The summed E-state index contributed by atoms with van der Waals surface area (Å²) in [5.74, 6) is -0.694. The summed E-state index contributed by atoms with van der Waals surface area (Å²) in [6, 6.07) is 8.62. The van der Waals surface area contributed by atoms with Gasteiger partial charge in [-0.3, -0.25) is 14.5 Å². The molecule has 0 saturated heterocycles. The maximum atomic E-state index is 12.0. The van der Waals surface area contributed by atoms with E-state index in [1.165, 1.54) is 0 Å². The first-order chi connectivity index (χ1) is 10.1. The highest BCUT2D eigenvalue weighted by Gasteiger charge is 2.26. The number of anilines is 1. The zero-order valence-electron chi connectivity index (χ0n) is 11.6. The fraction of sp³-hybridized carbons (Fsp3) is 0.400. The third-order valence-corrected chi connectivity index (χ3v) is 3.21. The summed E-state index contributed by atoms with van der Waals surface area (Å²) in [5.41, 5.74) is 1.01. The van der Waals surface area contributed by atoms with Crippen LogP contribution in [0.3, 0.4) is 0 Å². The third-order valence-electron chi connectivity index (χ3n) is 3.21. The smallest absolute Gasteiger partial charge is 0.317 e. The van der Waals surface area contributed by atoms with E-state index < -0.39 is 5.97 Å². The van der Waals surface area contributed by atoms with Crippen LogP contribution in [0.1, 0.15) is 18.4 Å². The Balaban J connectivity index is 1.91. The van der Waals surface area contributed by atoms with E-state index in [0.29, 0.717) is 23.7 Å². The monoisotopic (exact) mass is 287 g/mol. The van der Waals surface area contributed by atoms with Gasteiger partial charge >= 0.3 is 5.97 Å². The summed E-state index contributed by atoms with van der Waals surface area (Å²) in [4.78, 5) is 24.4. The Kier molecular flexibility index (Phi) is 4.90. The van der Waals surface area contributed by atoms with Gasteiger partial charge in [-0.2, -0.15) is 5.26 Å². The standard InChI is InChI=1S/C15H17N3O3/c16-7-12-2-1-3-13(6-12)17-14(19)9-18(10-15(20)21)8-11-4-5-11/h1-3,6,11H,4-5,8-10H2,(H,17,19)(H,20,21). The first kappa shape index (κ1) is 15.0. The predicted molar refractivity (Wildman–Crippen MR) is 76.6 cm³/mol. The van der Waals surface area contributed by atoms with Crippen molar-refractivity contribution >= 4 is 17.6 Å². The molecule has 0 spiro atoms. The van der Waals surface area contributed by atoms with Crippen LogP contribution in [0.5, 0.6) is 0 Å². The first-order valence-corrected chi connectivity index (χ1v) is 6.81. The SMILES string of the molecule is N#Cc1cccc(NC(=O)CN(CC(=O)O)CC2CC2)c1. The van der Waals surface area contributed by atoms with Crippen LogP contribution >= 0.6 is 0 Å². The zero-order chi connectivity index (χ0) is 15.2. The van der Waals surface area contributed by atoms with E-state index in [1.807, 2.05) is 6.07 Å². The molecule has 110 valence electrons. The third kappa shape index (κ3) is 5.24. The molecule has 1 aliphatic rings. The van der Waals surface area contributed by atoms with Gasteiger partial charge in [0, 0.05) is 12.2 Å². The molecule has 1 aliphatic carbocycles. The van der Waals surface area contributed by atoms with Crippen molar-refractivity contribution in [2.24, 2.45) is 5.92 Å². The van der Waals surface area contributed by atoms with Gasteiger partial charge in [0.2, 0.25) is 5.91 Å². The lowest BCUT2D eigenvalue weighted by atomic mass is 10.2. The number of hydrogen-bond acceptors (Lipinski definition) is 4. The number of carboxylic acids is 1. The van der Waals surface area contributed by atoms with Crippen LogP contribution in [0.25, 0.3) is 0 Å². The lowest BCUT2D eigenvalue weighted by molar-refractivity contribution is -0.138. The number of nitriles is 1. The number of aliphatic carboxylic acids is 1. The van der Waals surface area contributed by atoms with Gasteiger partial charge < -0.3 is 10.4 Å². The molecule has 6 heteroatoms. The maximum Gasteiger partial charge on any atom is 0.317 e. The van der Waals surface area contributed by atoms with Crippen molar-refractivity contribution < 1.29 is 14.7 Å². The molecular formula is C15H17N3O3. The van der Waals surface area contributed by atoms with E-state index in [2.05, 4.69) is 5.32 Å². The summed E-state index contributed by atoms with van der Waals surface area (Å²) in [6.45, 7) is 0.541. The first-order valence-electron chi connectivity index (χ1n) is 6.81. The second-order valence-corrected chi connectivity index (χ2v) is 5.25. The molecule has 0 bridgehead atoms. The molecular weight excluding hydrogens is 270 g/mol. The highest BCUT2D eigenvalue weighted by Crippen LogP contribution is 2.29. The molecule has 0 aromatic heterocycles. The quantitative estimate of drug-likeness (QED) is 0.788. The van der Waals surface area contributed by atoms with Gasteiger partial charge in [-0.1, -0.05) is 6.07 Å². The summed E-state index contributed by atoms with van der Waals surface area (Å²) in [6.07, 6.45) is 2.20. The minimum absolute atomic E-state index is 0.0413. The van der Waals surface area contributed by atoms with Gasteiger partial charge in [-0.05, 0) is 37.0 Å². The second-order valence-electron chi connectivity index (χ2n) is 5.25. The molecule has 2 rings (SSSR count). The number of carbonyl (C=O) groups is 2. The van der Waals surface area contributed by atoms with Crippen LogP contribution in [-0.4, -0.2) is 41.5 Å². The molecule has 0 radical (unpaired) electrons. The molecule has 1 aromatic carbocycles. The maximum absolute atomic E-state index is 12.0. The van der Waals surface area contributed by atoms with Gasteiger partial charge in [-0.15, -0.1) is 0 Å². The number of nitrogens with one attached hydrogen (secondary N) is 1. The summed E-state index contributed by atoms with van der Waals surface area (Å²) < 4.78 is 0. The molecule has 1 fully saturated rings. The molecule has 6 nitrogen and oxygen atoms in total. The summed E-state index contributed by atoms with van der Waals surface area (Å²) in [5, 5.41) is 20.4. The molecule has 0 aliphatic heterocycles. The van der Waals surface area contributed by atoms with Crippen molar-refractivity contribution in [3.63, 3.8) is 0 Å². The lowest BCUT2D eigenvalue weighted by Crippen LogP contribution is -2.38. The van der Waals surface area contributed by atoms with Crippen LogP contribution in [0.2, 0.25) is 0 Å². The fourth-order valence-corrected chi connectivity index (χ4v) is 2.11. The van der Waals surface area contributed by atoms with Crippen molar-refractivity contribution in [1.82, 2.24) is 4.90 Å². The van der Waals surface area contributed by atoms with E-state index >= 15 is 0 Å². The Morgan fingerprint density at radius 2 is 2.14 bits per heavy atom. The van der Waals surface area contributed by atoms with E-state index in [4.69, 9.17) is 10.4 Å². The number of rotatable bonds is 7. The number of carboxylic acid groups (broad SMARTS) is 1. The summed E-state index contributed by atoms with van der Waals surface area (Å²) in [7, 11) is 0. The van der Waals surface area contributed by atoms with Crippen molar-refractivity contribution in [3.8, 4) is 6.07 Å². The van der Waals surface area contributed by atoms with E-state index in [0.717, 1.165) is 12.8 Å². The molecule has 0 unspecified atom stereocenters. The average molecular weight is 287 g/mol. The minimum atomic E-state index is -0.935. The van der Waals surface area contributed by atoms with Crippen LogP contribution < -0.4 is 5.32 Å². The number of hydrogen-bond donors (Lipinski definition) is 2. The Labute approximate surface area is 123 Å². The van der Waals surface area contributed by atoms with Crippen LogP contribution in [0.15, 0.2) is 24.3 Å². The highest BCUT2D eigenvalue weighted by atomic mass is 16.4. The van der Waals surface area contributed by atoms with Crippen molar-refractivity contribution in [3.05, 3.63) is 29.8 Å². The lowest BCUT2D eigenvalue weighted by Gasteiger charge is -2.19. The van der Waals surface area contributed by atoms with Crippen molar-refractivity contribution in [2.75, 3.05) is 25.0 Å². The van der Waals surface area contributed by atoms with Gasteiger partial charge in [0.1, 0.15) is 0 Å². The number of nitrogens with zero attached hydrogens (tertiary/aromatic N) is 2. The molecule has 1 amide bonds. The molecule has 0 atom stereocenters. The van der Waals surface area contributed by atoms with E-state index in [9.17, 15) is 9.59 Å². The fourth-order valence-electron chi connectivity index (χ4n) is 2.11. The summed E-state index contributed by atoms with van der Waals surface area (Å²) >= 11 is 0. The average Bonchev–Trinajstić information content (AvgIpc) is 3.21. The molecule has 21 heavy (non-hydrogen) atoms. The minimum Gasteiger partial charge on any atom is -0.480 e. The Morgan fingerprint density at radius 3 is 2.76 bits per heavy atom. The Bertz CT molecular complexity index is 576. The van der Waals surface area contributed by atoms with Crippen LogP contribution in [-0.2, 0) is 9.59 Å². The van der Waals surface area contributed by atoms with Crippen molar-refractivity contribution in [1.29, 1.82) is 5.26 Å². The zero-order valence-corrected chi connectivity index (χ0v) is 11.6. The van der Waals surface area contributed by atoms with Gasteiger partial charge in [0.25, 0.3) is 0 Å². The molecule has 0 heterocycles. The van der Waals surface area contributed by atoms with Gasteiger partial charge in [-0.25, -0.2) is 0 Å². The molecule has 1 saturated carbocycles. The molecule has 2 N–H and O–H groups in total. The van der Waals surface area contributed by atoms with E-state index in [-0.39, 0.29) is 19.0 Å². The van der Waals surface area contributed by atoms with Gasteiger partial charge in [0.15, 0.2) is 0 Å². The van der Waals surface area contributed by atoms with Crippen LogP contribution in [0, 0.1) is 17.2 Å². The molecule has 1 aromatic rings. The highest BCUT2D eigenvalue weighted by molar-refractivity contribution is 5.92. The number of benzene rings is 1. The normalized spacial score (nSPS) is 13.7. The number of amides is 1. The van der Waals surface area contributed by atoms with Gasteiger partial charge in [0.05, 0.1) is 24.7 Å². The Morgan fingerprint density at radius 1 is 1.38 bits per heavy atom. The Hall–Kier alpha value is -2.39. The van der Waals surface area contributed by atoms with Crippen molar-refractivity contribution in [2.45, 2.75) is 12.8 Å². The second kappa shape index (κ2) is 6.86.